The van der Waals surface area contributed by atoms with E-state index in [4.69, 9.17) is 0 Å². The number of rotatable bonds is 18. The number of carbonyl (C=O) groups is 2. The third-order valence-corrected chi connectivity index (χ3v) is 4.82. The summed E-state index contributed by atoms with van der Waals surface area (Å²) >= 11 is 0. The summed E-state index contributed by atoms with van der Waals surface area (Å²) in [5.74, 6) is -2.06. The first-order valence-electron chi connectivity index (χ1n) is 11.4. The molecule has 0 aromatic heterocycles. The fourth-order valence-electron chi connectivity index (χ4n) is 3.42. The van der Waals surface area contributed by atoms with Crippen molar-refractivity contribution < 1.29 is 24.3 Å². The highest BCUT2D eigenvalue weighted by Crippen LogP contribution is 2.16. The molecule has 0 aromatic rings. The van der Waals surface area contributed by atoms with Crippen molar-refractivity contribution in [3.63, 3.8) is 0 Å². The molecule has 0 aliphatic heterocycles. The number of aliphatic carboxylic acids is 1. The first-order valence-corrected chi connectivity index (χ1v) is 11.4. The molecule has 0 aliphatic carbocycles. The van der Waals surface area contributed by atoms with Gasteiger partial charge in [-0.3, -0.25) is 4.79 Å². The Morgan fingerprint density at radius 1 is 0.867 bits per heavy atom. The first kappa shape index (κ1) is 28.3. The maximum Gasteiger partial charge on any atom is 0.193 e. The molecule has 0 spiro atoms. The van der Waals surface area contributed by atoms with E-state index < -0.39 is 23.8 Å². The molecule has 0 saturated carbocycles. The predicted molar refractivity (Wildman–Crippen MR) is 122 cm³/mol. The van der Waals surface area contributed by atoms with E-state index in [1.165, 1.54) is 69.9 Å². The van der Waals surface area contributed by atoms with Crippen LogP contribution in [-0.2, 0) is 9.59 Å². The van der Waals surface area contributed by atoms with E-state index in [9.17, 15) is 19.8 Å². The van der Waals surface area contributed by atoms with Gasteiger partial charge in [0.25, 0.3) is 0 Å². The van der Waals surface area contributed by atoms with E-state index in [1.807, 2.05) is 12.2 Å². The predicted octanol–water partition coefficient (Wildman–Crippen LogP) is 3.72. The van der Waals surface area contributed by atoms with Crippen LogP contribution in [0.25, 0.3) is 0 Å². The molecule has 0 bridgehead atoms. The van der Waals surface area contributed by atoms with Crippen LogP contribution in [0.15, 0.2) is 36.5 Å². The number of carboxylic acid groups (broad SMARTS) is 1. The number of quaternary nitrogens is 1. The minimum atomic E-state index is -1.97. The zero-order valence-electron chi connectivity index (χ0n) is 19.6. The van der Waals surface area contributed by atoms with Gasteiger partial charge in [0.1, 0.15) is 6.54 Å². The number of carboxylic acids is 1. The van der Waals surface area contributed by atoms with Crippen LogP contribution in [-0.4, -0.2) is 54.6 Å². The molecular formula is C25H43NO4. The van der Waals surface area contributed by atoms with Crippen molar-refractivity contribution in [1.29, 1.82) is 0 Å². The van der Waals surface area contributed by atoms with Crippen molar-refractivity contribution in [1.82, 2.24) is 0 Å². The average Bonchev–Trinajstić information content (AvgIpc) is 2.62. The summed E-state index contributed by atoms with van der Waals surface area (Å²) in [6, 6.07) is 0. The number of unbranched alkanes of at least 4 members (excludes halogenated alkanes) is 9. The summed E-state index contributed by atoms with van der Waals surface area (Å²) < 4.78 is 0.265. The highest BCUT2D eigenvalue weighted by Gasteiger charge is 2.39. The summed E-state index contributed by atoms with van der Waals surface area (Å²) in [6.45, 7) is 2.23. The van der Waals surface area contributed by atoms with E-state index in [-0.39, 0.29) is 11.0 Å². The molecule has 0 aliphatic rings. The molecule has 0 fully saturated rings. The molecular weight excluding hydrogens is 378 g/mol. The Morgan fingerprint density at radius 3 is 1.93 bits per heavy atom. The molecule has 0 rings (SSSR count). The molecule has 172 valence electrons. The third-order valence-electron chi connectivity index (χ3n) is 4.82. The van der Waals surface area contributed by atoms with E-state index in [1.54, 1.807) is 27.2 Å². The fraction of sp³-hybridized carbons (Fsp3) is 0.680. The second kappa shape index (κ2) is 16.0. The normalized spacial score (nSPS) is 14.7. The highest BCUT2D eigenvalue weighted by molar-refractivity contribution is 5.99. The van der Waals surface area contributed by atoms with Crippen molar-refractivity contribution in [2.45, 2.75) is 83.2 Å². The molecule has 5 nitrogen and oxygen atoms in total. The molecule has 1 unspecified atom stereocenters. The number of ketones is 1. The van der Waals surface area contributed by atoms with Gasteiger partial charge in [0.05, 0.1) is 21.1 Å². The van der Waals surface area contributed by atoms with Crippen LogP contribution >= 0.6 is 0 Å². The summed E-state index contributed by atoms with van der Waals surface area (Å²) in [5.41, 5.74) is -1.97. The lowest BCUT2D eigenvalue weighted by Crippen LogP contribution is -2.55. The minimum Gasteiger partial charge on any atom is -0.550 e. The van der Waals surface area contributed by atoms with Crippen molar-refractivity contribution in [3.8, 4) is 0 Å². The molecule has 0 radical (unpaired) electrons. The van der Waals surface area contributed by atoms with Crippen molar-refractivity contribution in [3.05, 3.63) is 36.5 Å². The summed E-state index contributed by atoms with van der Waals surface area (Å²) in [7, 11) is 5.36. The second-order valence-corrected chi connectivity index (χ2v) is 9.18. The number of allylic oxidation sites excluding steroid dienone is 5. The number of nitrogens with zero attached hydrogens (tertiary/aromatic N) is 1. The molecule has 0 aromatic carbocycles. The molecule has 1 atom stereocenters. The average molecular weight is 422 g/mol. The van der Waals surface area contributed by atoms with Gasteiger partial charge < -0.3 is 19.5 Å². The number of carbonyl (C=O) groups excluding carboxylic acids is 2. The van der Waals surface area contributed by atoms with Gasteiger partial charge in [-0.25, -0.2) is 0 Å². The number of hydrogen-bond donors (Lipinski definition) is 1. The Labute approximate surface area is 183 Å². The summed E-state index contributed by atoms with van der Waals surface area (Å²) in [6.07, 6.45) is 22.5. The second-order valence-electron chi connectivity index (χ2n) is 9.18. The van der Waals surface area contributed by atoms with Crippen LogP contribution in [0.2, 0.25) is 0 Å². The standard InChI is InChI=1S/C25H43NO4/c1-5-6-7-8-9-10-11-12-13-14-15-16-17-18-19-20-23(27)25(30,21-24(28)29)22-26(2,3)4/h15-20,30H,5-14,21-22H2,1-4H3. The SMILES string of the molecule is CCCCCCCCCCCC=CC=CC=CC(=O)C(O)(CC(=O)[O-])C[N+](C)(C)C. The van der Waals surface area contributed by atoms with Gasteiger partial charge in [-0.05, 0) is 18.9 Å². The van der Waals surface area contributed by atoms with Crippen molar-refractivity contribution in [2.75, 3.05) is 27.7 Å². The maximum atomic E-state index is 12.3. The zero-order valence-corrected chi connectivity index (χ0v) is 19.6. The lowest BCUT2D eigenvalue weighted by Gasteiger charge is -2.34. The van der Waals surface area contributed by atoms with E-state index in [2.05, 4.69) is 13.0 Å². The molecule has 0 heterocycles. The molecule has 1 N–H and O–H groups in total. The molecule has 5 heteroatoms. The van der Waals surface area contributed by atoms with Gasteiger partial charge >= 0.3 is 0 Å². The van der Waals surface area contributed by atoms with Gasteiger partial charge in [-0.15, -0.1) is 0 Å². The minimum absolute atomic E-state index is 0.00743. The Bertz CT molecular complexity index is 572. The summed E-state index contributed by atoms with van der Waals surface area (Å²) in [5, 5.41) is 21.5. The third kappa shape index (κ3) is 16.1. The number of likely N-dealkylation sites (N-methyl/N-ethyl adjacent to an activating group) is 1. The number of aliphatic hydroxyl groups is 1. The van der Waals surface area contributed by atoms with Crippen LogP contribution in [0.1, 0.15) is 77.6 Å². The van der Waals surface area contributed by atoms with Crippen LogP contribution in [0, 0.1) is 0 Å². The van der Waals surface area contributed by atoms with Gasteiger partial charge in [0, 0.05) is 12.4 Å². The highest BCUT2D eigenvalue weighted by atomic mass is 16.4. The lowest BCUT2D eigenvalue weighted by molar-refractivity contribution is -0.875. The topological polar surface area (TPSA) is 77.4 Å². The Kier molecular flexibility index (Phi) is 15.1. The Balaban J connectivity index is 4.16. The van der Waals surface area contributed by atoms with E-state index >= 15 is 0 Å². The number of hydrogen-bond acceptors (Lipinski definition) is 4. The van der Waals surface area contributed by atoms with Crippen LogP contribution in [0.3, 0.4) is 0 Å². The van der Waals surface area contributed by atoms with Gasteiger partial charge in [-0.2, -0.15) is 0 Å². The van der Waals surface area contributed by atoms with Crippen LogP contribution < -0.4 is 5.11 Å². The van der Waals surface area contributed by atoms with Gasteiger partial charge in [0.2, 0.25) is 0 Å². The maximum absolute atomic E-state index is 12.3. The lowest BCUT2D eigenvalue weighted by atomic mass is 9.92. The smallest absolute Gasteiger partial charge is 0.193 e. The molecule has 0 amide bonds. The van der Waals surface area contributed by atoms with Gasteiger partial charge in [0.15, 0.2) is 11.4 Å². The zero-order chi connectivity index (χ0) is 22.9. The van der Waals surface area contributed by atoms with Crippen molar-refractivity contribution >= 4 is 11.8 Å². The first-order chi connectivity index (χ1) is 14.1. The largest absolute Gasteiger partial charge is 0.550 e. The fourth-order valence-corrected chi connectivity index (χ4v) is 3.42. The van der Waals surface area contributed by atoms with Crippen LogP contribution in [0.5, 0.6) is 0 Å². The van der Waals surface area contributed by atoms with Gasteiger partial charge in [-0.1, -0.05) is 88.7 Å². The quantitative estimate of drug-likeness (QED) is 0.158. The van der Waals surface area contributed by atoms with E-state index in [0.29, 0.717) is 0 Å². The Morgan fingerprint density at radius 2 is 1.40 bits per heavy atom. The monoisotopic (exact) mass is 421 g/mol. The van der Waals surface area contributed by atoms with Crippen LogP contribution in [0.4, 0.5) is 0 Å². The Hall–Kier alpha value is -1.72. The summed E-state index contributed by atoms with van der Waals surface area (Å²) in [4.78, 5) is 23.3. The van der Waals surface area contributed by atoms with Crippen molar-refractivity contribution in [2.24, 2.45) is 0 Å². The van der Waals surface area contributed by atoms with E-state index in [0.717, 1.165) is 6.42 Å². The molecule has 0 saturated heterocycles. The molecule has 30 heavy (non-hydrogen) atoms.